The molecule has 5 heteroatoms. The Hall–Kier alpha value is -2.66. The summed E-state index contributed by atoms with van der Waals surface area (Å²) >= 11 is 0. The number of amides is 2. The van der Waals surface area contributed by atoms with E-state index in [4.69, 9.17) is 5.73 Å². The van der Waals surface area contributed by atoms with Crippen LogP contribution >= 0.6 is 0 Å². The molecule has 3 rings (SSSR count). The van der Waals surface area contributed by atoms with E-state index in [1.807, 2.05) is 59.5 Å². The quantitative estimate of drug-likeness (QED) is 0.840. The van der Waals surface area contributed by atoms with Crippen LogP contribution in [-0.4, -0.2) is 29.8 Å². The van der Waals surface area contributed by atoms with Crippen LogP contribution in [0.2, 0.25) is 0 Å². The Morgan fingerprint density at radius 3 is 2.23 bits per heavy atom. The highest BCUT2D eigenvalue weighted by molar-refractivity contribution is 5.94. The molecule has 0 saturated carbocycles. The number of nitrogens with zero attached hydrogens (tertiary/aromatic N) is 1. The van der Waals surface area contributed by atoms with Crippen LogP contribution in [0.4, 0.5) is 0 Å². The van der Waals surface area contributed by atoms with Crippen molar-refractivity contribution in [3.63, 3.8) is 0 Å². The van der Waals surface area contributed by atoms with Gasteiger partial charge in [0.1, 0.15) is 6.04 Å². The van der Waals surface area contributed by atoms with Gasteiger partial charge in [-0.25, -0.2) is 0 Å². The SMILES string of the molecule is NC(=O)C(NCc1ccc(C(=O)N2CCCCC2)cc1)c1ccccc1. The van der Waals surface area contributed by atoms with Crippen LogP contribution < -0.4 is 11.1 Å². The fourth-order valence-electron chi connectivity index (χ4n) is 3.29. The molecular weight excluding hydrogens is 326 g/mol. The molecule has 1 aliphatic heterocycles. The molecule has 1 saturated heterocycles. The molecule has 136 valence electrons. The van der Waals surface area contributed by atoms with Gasteiger partial charge in [0.25, 0.3) is 5.91 Å². The van der Waals surface area contributed by atoms with Gasteiger partial charge in [0.05, 0.1) is 0 Å². The van der Waals surface area contributed by atoms with E-state index in [-0.39, 0.29) is 5.91 Å². The zero-order valence-corrected chi connectivity index (χ0v) is 14.9. The first kappa shape index (κ1) is 18.1. The average molecular weight is 351 g/mol. The molecule has 2 amide bonds. The number of rotatable bonds is 6. The summed E-state index contributed by atoms with van der Waals surface area (Å²) in [6.07, 6.45) is 3.38. The summed E-state index contributed by atoms with van der Waals surface area (Å²) in [5.41, 5.74) is 8.09. The first-order valence-electron chi connectivity index (χ1n) is 9.11. The number of nitrogens with two attached hydrogens (primary N) is 1. The molecule has 1 atom stereocenters. The second-order valence-corrected chi connectivity index (χ2v) is 6.68. The largest absolute Gasteiger partial charge is 0.368 e. The number of carbonyl (C=O) groups is 2. The minimum Gasteiger partial charge on any atom is -0.368 e. The van der Waals surface area contributed by atoms with Crippen LogP contribution in [0.1, 0.15) is 46.8 Å². The molecule has 3 N–H and O–H groups in total. The van der Waals surface area contributed by atoms with Gasteiger partial charge in [-0.3, -0.25) is 14.9 Å². The van der Waals surface area contributed by atoms with Crippen LogP contribution in [0, 0.1) is 0 Å². The smallest absolute Gasteiger partial charge is 0.253 e. The first-order valence-corrected chi connectivity index (χ1v) is 9.11. The van der Waals surface area contributed by atoms with Gasteiger partial charge in [0.2, 0.25) is 5.91 Å². The van der Waals surface area contributed by atoms with Gasteiger partial charge in [0.15, 0.2) is 0 Å². The molecule has 2 aromatic carbocycles. The average Bonchev–Trinajstić information content (AvgIpc) is 2.69. The van der Waals surface area contributed by atoms with Crippen LogP contribution in [0.15, 0.2) is 54.6 Å². The third kappa shape index (κ3) is 4.49. The van der Waals surface area contributed by atoms with Crippen molar-refractivity contribution in [2.75, 3.05) is 13.1 Å². The Morgan fingerprint density at radius 2 is 1.62 bits per heavy atom. The monoisotopic (exact) mass is 351 g/mol. The molecule has 0 radical (unpaired) electrons. The molecule has 2 aromatic rings. The van der Waals surface area contributed by atoms with Crippen molar-refractivity contribution < 1.29 is 9.59 Å². The maximum atomic E-state index is 12.5. The Labute approximate surface area is 154 Å². The molecular formula is C21H25N3O2. The minimum absolute atomic E-state index is 0.100. The molecule has 1 unspecified atom stereocenters. The number of hydrogen-bond acceptors (Lipinski definition) is 3. The van der Waals surface area contributed by atoms with E-state index in [0.29, 0.717) is 12.1 Å². The van der Waals surface area contributed by atoms with Gasteiger partial charge in [-0.2, -0.15) is 0 Å². The van der Waals surface area contributed by atoms with Crippen LogP contribution in [-0.2, 0) is 11.3 Å². The predicted octanol–water partition coefficient (Wildman–Crippen LogP) is 2.63. The van der Waals surface area contributed by atoms with Crippen molar-refractivity contribution in [1.82, 2.24) is 10.2 Å². The van der Waals surface area contributed by atoms with Crippen molar-refractivity contribution in [1.29, 1.82) is 0 Å². The summed E-state index contributed by atoms with van der Waals surface area (Å²) < 4.78 is 0. The molecule has 0 aliphatic carbocycles. The van der Waals surface area contributed by atoms with Crippen molar-refractivity contribution in [2.24, 2.45) is 5.73 Å². The first-order chi connectivity index (χ1) is 12.6. The zero-order chi connectivity index (χ0) is 18.4. The van der Waals surface area contributed by atoms with Gasteiger partial charge < -0.3 is 10.6 Å². The Morgan fingerprint density at radius 1 is 0.962 bits per heavy atom. The van der Waals surface area contributed by atoms with Crippen molar-refractivity contribution in [3.05, 3.63) is 71.3 Å². The number of nitrogens with one attached hydrogen (secondary N) is 1. The second kappa shape index (κ2) is 8.63. The topological polar surface area (TPSA) is 75.4 Å². The van der Waals surface area contributed by atoms with E-state index in [9.17, 15) is 9.59 Å². The summed E-state index contributed by atoms with van der Waals surface area (Å²) in [5, 5.41) is 3.19. The van der Waals surface area contributed by atoms with E-state index in [0.717, 1.165) is 37.1 Å². The number of hydrogen-bond donors (Lipinski definition) is 2. The number of piperidine rings is 1. The van der Waals surface area contributed by atoms with Gasteiger partial charge in [-0.15, -0.1) is 0 Å². The fraction of sp³-hybridized carbons (Fsp3) is 0.333. The second-order valence-electron chi connectivity index (χ2n) is 6.68. The summed E-state index contributed by atoms with van der Waals surface area (Å²) in [6, 6.07) is 16.4. The highest BCUT2D eigenvalue weighted by Crippen LogP contribution is 2.16. The van der Waals surface area contributed by atoms with Gasteiger partial charge in [-0.05, 0) is 42.5 Å². The summed E-state index contributed by atoms with van der Waals surface area (Å²) in [7, 11) is 0. The lowest BCUT2D eigenvalue weighted by Gasteiger charge is -2.26. The number of likely N-dealkylation sites (tertiary alicyclic amines) is 1. The predicted molar refractivity (Wildman–Crippen MR) is 101 cm³/mol. The third-order valence-corrected chi connectivity index (χ3v) is 4.77. The molecule has 0 aromatic heterocycles. The third-order valence-electron chi connectivity index (χ3n) is 4.77. The molecule has 26 heavy (non-hydrogen) atoms. The van der Waals surface area contributed by atoms with E-state index in [2.05, 4.69) is 5.32 Å². The molecule has 0 bridgehead atoms. The Bertz CT molecular complexity index is 738. The standard InChI is InChI=1S/C21H25N3O2/c22-20(25)19(17-7-3-1-4-8-17)23-15-16-9-11-18(12-10-16)21(26)24-13-5-2-6-14-24/h1,3-4,7-12,19,23H,2,5-6,13-15H2,(H2,22,25). The maximum absolute atomic E-state index is 12.5. The molecule has 5 nitrogen and oxygen atoms in total. The van der Waals surface area contributed by atoms with E-state index < -0.39 is 11.9 Å². The van der Waals surface area contributed by atoms with E-state index >= 15 is 0 Å². The molecule has 1 heterocycles. The molecule has 1 aliphatic rings. The lowest BCUT2D eigenvalue weighted by Crippen LogP contribution is -2.35. The van der Waals surface area contributed by atoms with Crippen LogP contribution in [0.3, 0.4) is 0 Å². The van der Waals surface area contributed by atoms with Gasteiger partial charge in [-0.1, -0.05) is 42.5 Å². The lowest BCUT2D eigenvalue weighted by molar-refractivity contribution is -0.120. The maximum Gasteiger partial charge on any atom is 0.253 e. The number of primary amides is 1. The van der Waals surface area contributed by atoms with Gasteiger partial charge in [0, 0.05) is 25.2 Å². The van der Waals surface area contributed by atoms with E-state index in [1.165, 1.54) is 6.42 Å². The summed E-state index contributed by atoms with van der Waals surface area (Å²) in [5.74, 6) is -0.309. The fourth-order valence-corrected chi connectivity index (χ4v) is 3.29. The van der Waals surface area contributed by atoms with Gasteiger partial charge >= 0.3 is 0 Å². The number of benzene rings is 2. The van der Waals surface area contributed by atoms with Crippen molar-refractivity contribution in [3.8, 4) is 0 Å². The van der Waals surface area contributed by atoms with E-state index in [1.54, 1.807) is 0 Å². The molecule has 0 spiro atoms. The normalized spacial score (nSPS) is 15.5. The van der Waals surface area contributed by atoms with Crippen LogP contribution in [0.25, 0.3) is 0 Å². The lowest BCUT2D eigenvalue weighted by atomic mass is 10.1. The number of carbonyl (C=O) groups excluding carboxylic acids is 2. The Balaban J connectivity index is 1.61. The molecule has 1 fully saturated rings. The van der Waals surface area contributed by atoms with Crippen molar-refractivity contribution in [2.45, 2.75) is 31.8 Å². The zero-order valence-electron chi connectivity index (χ0n) is 14.9. The Kier molecular flexibility index (Phi) is 6.02. The summed E-state index contributed by atoms with van der Waals surface area (Å²) in [6.45, 7) is 2.19. The summed E-state index contributed by atoms with van der Waals surface area (Å²) in [4.78, 5) is 26.2. The highest BCUT2D eigenvalue weighted by Gasteiger charge is 2.19. The van der Waals surface area contributed by atoms with Crippen molar-refractivity contribution >= 4 is 11.8 Å². The van der Waals surface area contributed by atoms with Crippen LogP contribution in [0.5, 0.6) is 0 Å². The highest BCUT2D eigenvalue weighted by atomic mass is 16.2. The minimum atomic E-state index is -0.536.